The standard InChI is InChI=1S/C11H10FN3O3/c1-7-11(6-14(2)13-7)18-10-4-3-8(15(16)17)5-9(10)12/h3-6H,1-2H3. The van der Waals surface area contributed by atoms with E-state index >= 15 is 0 Å². The minimum Gasteiger partial charge on any atom is -0.451 e. The van der Waals surface area contributed by atoms with E-state index in [2.05, 4.69) is 5.10 Å². The number of nitro benzene ring substituents is 1. The Bertz CT molecular complexity index is 610. The highest BCUT2D eigenvalue weighted by atomic mass is 19.1. The van der Waals surface area contributed by atoms with Gasteiger partial charge in [-0.25, -0.2) is 4.39 Å². The summed E-state index contributed by atoms with van der Waals surface area (Å²) in [7, 11) is 1.71. The molecule has 0 saturated carbocycles. The molecule has 0 radical (unpaired) electrons. The third kappa shape index (κ3) is 2.29. The average molecular weight is 251 g/mol. The third-order valence-corrected chi connectivity index (χ3v) is 2.31. The fourth-order valence-corrected chi connectivity index (χ4v) is 1.48. The number of rotatable bonds is 3. The van der Waals surface area contributed by atoms with E-state index in [1.54, 1.807) is 20.2 Å². The van der Waals surface area contributed by atoms with Crippen molar-refractivity contribution in [2.24, 2.45) is 7.05 Å². The fourth-order valence-electron chi connectivity index (χ4n) is 1.48. The first-order chi connectivity index (χ1) is 8.47. The minimum absolute atomic E-state index is 0.0725. The summed E-state index contributed by atoms with van der Waals surface area (Å²) in [6.45, 7) is 1.72. The Morgan fingerprint density at radius 2 is 2.17 bits per heavy atom. The van der Waals surface area contributed by atoms with Gasteiger partial charge < -0.3 is 4.74 Å². The predicted octanol–water partition coefficient (Wildman–Crippen LogP) is 2.57. The molecule has 2 aromatic rings. The van der Waals surface area contributed by atoms with Gasteiger partial charge in [0.2, 0.25) is 0 Å². The zero-order valence-corrected chi connectivity index (χ0v) is 9.75. The van der Waals surface area contributed by atoms with Gasteiger partial charge in [-0.2, -0.15) is 5.10 Å². The second-order valence-electron chi connectivity index (χ2n) is 3.73. The summed E-state index contributed by atoms with van der Waals surface area (Å²) < 4.78 is 20.4. The van der Waals surface area contributed by atoms with Gasteiger partial charge in [-0.1, -0.05) is 0 Å². The second-order valence-corrected chi connectivity index (χ2v) is 3.73. The van der Waals surface area contributed by atoms with E-state index in [-0.39, 0.29) is 11.4 Å². The van der Waals surface area contributed by atoms with Crippen molar-refractivity contribution in [2.45, 2.75) is 6.92 Å². The number of nitro groups is 1. The van der Waals surface area contributed by atoms with E-state index in [1.807, 2.05) is 0 Å². The highest BCUT2D eigenvalue weighted by Crippen LogP contribution is 2.28. The number of halogens is 1. The molecule has 2 rings (SSSR count). The summed E-state index contributed by atoms with van der Waals surface area (Å²) in [6.07, 6.45) is 1.59. The Morgan fingerprint density at radius 3 is 2.67 bits per heavy atom. The molecule has 94 valence electrons. The number of non-ortho nitro benzene ring substituents is 1. The Morgan fingerprint density at radius 1 is 1.44 bits per heavy atom. The van der Waals surface area contributed by atoms with E-state index in [9.17, 15) is 14.5 Å². The van der Waals surface area contributed by atoms with E-state index < -0.39 is 10.7 Å². The van der Waals surface area contributed by atoms with E-state index in [0.29, 0.717) is 11.4 Å². The Labute approximate surface area is 102 Å². The highest BCUT2D eigenvalue weighted by Gasteiger charge is 2.14. The van der Waals surface area contributed by atoms with Crippen LogP contribution < -0.4 is 4.74 Å². The van der Waals surface area contributed by atoms with Crippen LogP contribution in [-0.2, 0) is 7.05 Å². The molecule has 0 unspecified atom stereocenters. The van der Waals surface area contributed by atoms with Crippen molar-refractivity contribution in [3.05, 3.63) is 46.0 Å². The number of ether oxygens (including phenoxy) is 1. The van der Waals surface area contributed by atoms with Crippen molar-refractivity contribution in [3.63, 3.8) is 0 Å². The summed E-state index contributed by atoms with van der Waals surface area (Å²) in [4.78, 5) is 9.80. The zero-order valence-electron chi connectivity index (χ0n) is 9.75. The molecule has 0 N–H and O–H groups in total. The molecular weight excluding hydrogens is 241 g/mol. The van der Waals surface area contributed by atoms with Gasteiger partial charge >= 0.3 is 0 Å². The molecule has 6 nitrogen and oxygen atoms in total. The van der Waals surface area contributed by atoms with Crippen molar-refractivity contribution >= 4 is 5.69 Å². The van der Waals surface area contributed by atoms with Gasteiger partial charge in [0.1, 0.15) is 5.69 Å². The van der Waals surface area contributed by atoms with Crippen LogP contribution in [0, 0.1) is 22.9 Å². The van der Waals surface area contributed by atoms with Gasteiger partial charge in [-0.15, -0.1) is 0 Å². The molecule has 0 spiro atoms. The van der Waals surface area contributed by atoms with E-state index in [0.717, 1.165) is 6.07 Å². The van der Waals surface area contributed by atoms with Crippen LogP contribution in [0.2, 0.25) is 0 Å². The topological polar surface area (TPSA) is 70.2 Å². The molecule has 0 aliphatic carbocycles. The molecule has 18 heavy (non-hydrogen) atoms. The van der Waals surface area contributed by atoms with Gasteiger partial charge in [0.15, 0.2) is 17.3 Å². The molecule has 0 fully saturated rings. The third-order valence-electron chi connectivity index (χ3n) is 2.31. The lowest BCUT2D eigenvalue weighted by Gasteiger charge is -2.04. The summed E-state index contributed by atoms with van der Waals surface area (Å²) >= 11 is 0. The summed E-state index contributed by atoms with van der Waals surface area (Å²) in [5.41, 5.74) is 0.290. The monoisotopic (exact) mass is 251 g/mol. The second kappa shape index (κ2) is 4.44. The van der Waals surface area contributed by atoms with Crippen molar-refractivity contribution in [2.75, 3.05) is 0 Å². The first-order valence-electron chi connectivity index (χ1n) is 5.09. The first kappa shape index (κ1) is 12.0. The van der Waals surface area contributed by atoms with Crippen molar-refractivity contribution < 1.29 is 14.1 Å². The summed E-state index contributed by atoms with van der Waals surface area (Å²) in [6, 6.07) is 3.23. The molecule has 7 heteroatoms. The van der Waals surface area contributed by atoms with Crippen molar-refractivity contribution in [1.82, 2.24) is 9.78 Å². The number of nitrogens with zero attached hydrogens (tertiary/aromatic N) is 3. The van der Waals surface area contributed by atoms with Crippen LogP contribution in [-0.4, -0.2) is 14.7 Å². The first-order valence-corrected chi connectivity index (χ1v) is 5.09. The van der Waals surface area contributed by atoms with Crippen LogP contribution in [0.1, 0.15) is 5.69 Å². The maximum absolute atomic E-state index is 13.6. The molecule has 0 atom stereocenters. The Kier molecular flexibility index (Phi) is 2.97. The van der Waals surface area contributed by atoms with Crippen LogP contribution >= 0.6 is 0 Å². The van der Waals surface area contributed by atoms with Gasteiger partial charge in [0.05, 0.1) is 17.2 Å². The van der Waals surface area contributed by atoms with Crippen LogP contribution in [0.15, 0.2) is 24.4 Å². The number of benzene rings is 1. The highest BCUT2D eigenvalue weighted by molar-refractivity contribution is 5.40. The molecule has 1 heterocycles. The number of hydrogen-bond donors (Lipinski definition) is 0. The lowest BCUT2D eigenvalue weighted by molar-refractivity contribution is -0.385. The molecule has 0 bridgehead atoms. The summed E-state index contributed by atoms with van der Waals surface area (Å²) in [5, 5.41) is 14.5. The maximum Gasteiger partial charge on any atom is 0.272 e. The minimum atomic E-state index is -0.785. The van der Waals surface area contributed by atoms with Gasteiger partial charge in [-0.3, -0.25) is 14.8 Å². The average Bonchev–Trinajstić information content (AvgIpc) is 2.60. The van der Waals surface area contributed by atoms with Gasteiger partial charge in [0.25, 0.3) is 5.69 Å². The molecule has 0 amide bonds. The fraction of sp³-hybridized carbons (Fsp3) is 0.182. The Balaban J connectivity index is 2.30. The summed E-state index contributed by atoms with van der Waals surface area (Å²) in [5.74, 6) is -0.450. The van der Waals surface area contributed by atoms with Crippen LogP contribution in [0.3, 0.4) is 0 Å². The SMILES string of the molecule is Cc1nn(C)cc1Oc1ccc([N+](=O)[O-])cc1F. The lowest BCUT2D eigenvalue weighted by Crippen LogP contribution is -1.92. The van der Waals surface area contributed by atoms with Crippen LogP contribution in [0.4, 0.5) is 10.1 Å². The molecule has 0 aliphatic rings. The molecule has 1 aromatic carbocycles. The normalized spacial score (nSPS) is 10.4. The van der Waals surface area contributed by atoms with Gasteiger partial charge in [0, 0.05) is 13.1 Å². The quantitative estimate of drug-likeness (QED) is 0.621. The number of aryl methyl sites for hydroxylation is 2. The van der Waals surface area contributed by atoms with Gasteiger partial charge in [-0.05, 0) is 13.0 Å². The molecule has 1 aromatic heterocycles. The van der Waals surface area contributed by atoms with Crippen molar-refractivity contribution in [3.8, 4) is 11.5 Å². The lowest BCUT2D eigenvalue weighted by atomic mass is 10.3. The van der Waals surface area contributed by atoms with Crippen LogP contribution in [0.5, 0.6) is 11.5 Å². The Hall–Kier alpha value is -2.44. The maximum atomic E-state index is 13.6. The largest absolute Gasteiger partial charge is 0.451 e. The van der Waals surface area contributed by atoms with E-state index in [4.69, 9.17) is 4.74 Å². The van der Waals surface area contributed by atoms with Crippen LogP contribution in [0.25, 0.3) is 0 Å². The smallest absolute Gasteiger partial charge is 0.272 e. The predicted molar refractivity (Wildman–Crippen MR) is 61.1 cm³/mol. The zero-order chi connectivity index (χ0) is 13.3. The van der Waals surface area contributed by atoms with E-state index in [1.165, 1.54) is 16.8 Å². The molecule has 0 aliphatic heterocycles. The van der Waals surface area contributed by atoms with Crippen molar-refractivity contribution in [1.29, 1.82) is 0 Å². The molecular formula is C11H10FN3O3. The molecule has 0 saturated heterocycles. The number of hydrogen-bond acceptors (Lipinski definition) is 4. The number of aromatic nitrogens is 2.